The van der Waals surface area contributed by atoms with Crippen molar-refractivity contribution in [3.63, 3.8) is 0 Å². The minimum atomic E-state index is 0.153. The molecule has 0 spiro atoms. The SMILES string of the molecule is CC(=O)N1CCN(Cc2nc3c(s2)C(=O)CCC3)CC1. The topological polar surface area (TPSA) is 53.5 Å². The number of aromatic nitrogens is 1. The maximum absolute atomic E-state index is 11.8. The van der Waals surface area contributed by atoms with Gasteiger partial charge in [0.2, 0.25) is 5.91 Å². The number of ketones is 1. The first kappa shape index (κ1) is 13.7. The third kappa shape index (κ3) is 2.76. The number of amides is 1. The molecule has 1 aromatic heterocycles. The van der Waals surface area contributed by atoms with Crippen molar-refractivity contribution in [2.24, 2.45) is 0 Å². The van der Waals surface area contributed by atoms with Gasteiger partial charge < -0.3 is 4.90 Å². The molecule has 1 fully saturated rings. The van der Waals surface area contributed by atoms with E-state index in [0.29, 0.717) is 6.42 Å². The van der Waals surface area contributed by atoms with E-state index in [2.05, 4.69) is 9.88 Å². The Morgan fingerprint density at radius 2 is 2.00 bits per heavy atom. The first-order valence-electron chi connectivity index (χ1n) is 7.13. The Balaban J connectivity index is 1.62. The average Bonchev–Trinajstić information content (AvgIpc) is 2.83. The fourth-order valence-electron chi connectivity index (χ4n) is 2.80. The van der Waals surface area contributed by atoms with Crippen molar-refractivity contribution in [2.75, 3.05) is 26.2 Å². The summed E-state index contributed by atoms with van der Waals surface area (Å²) in [6.45, 7) is 5.78. The number of carbonyl (C=O) groups excluding carboxylic acids is 2. The van der Waals surface area contributed by atoms with E-state index >= 15 is 0 Å². The molecule has 2 heterocycles. The van der Waals surface area contributed by atoms with Crippen LogP contribution in [-0.2, 0) is 17.8 Å². The molecule has 1 aromatic rings. The molecular formula is C14H19N3O2S. The molecule has 0 radical (unpaired) electrons. The number of fused-ring (bicyclic) bond motifs is 1. The maximum Gasteiger partial charge on any atom is 0.219 e. The largest absolute Gasteiger partial charge is 0.340 e. The van der Waals surface area contributed by atoms with Crippen LogP contribution >= 0.6 is 11.3 Å². The highest BCUT2D eigenvalue weighted by Crippen LogP contribution is 2.27. The van der Waals surface area contributed by atoms with Crippen molar-refractivity contribution in [2.45, 2.75) is 32.7 Å². The monoisotopic (exact) mass is 293 g/mol. The van der Waals surface area contributed by atoms with E-state index in [1.54, 1.807) is 18.3 Å². The van der Waals surface area contributed by atoms with Crippen LogP contribution in [0, 0.1) is 0 Å². The maximum atomic E-state index is 11.8. The van der Waals surface area contributed by atoms with E-state index in [9.17, 15) is 9.59 Å². The number of aryl methyl sites for hydroxylation is 1. The number of piperazine rings is 1. The van der Waals surface area contributed by atoms with Crippen LogP contribution in [0.15, 0.2) is 0 Å². The molecule has 0 unspecified atom stereocenters. The molecule has 1 aliphatic heterocycles. The summed E-state index contributed by atoms with van der Waals surface area (Å²) in [6.07, 6.45) is 2.55. The summed E-state index contributed by atoms with van der Waals surface area (Å²) in [5.41, 5.74) is 1.00. The van der Waals surface area contributed by atoms with E-state index in [0.717, 1.165) is 61.1 Å². The standard InChI is InChI=1S/C14H19N3O2S/c1-10(18)17-7-5-16(6-8-17)9-13-15-11-3-2-4-12(19)14(11)20-13/h2-9H2,1H3. The van der Waals surface area contributed by atoms with Gasteiger partial charge in [-0.1, -0.05) is 0 Å². The van der Waals surface area contributed by atoms with Gasteiger partial charge in [-0.15, -0.1) is 11.3 Å². The molecule has 108 valence electrons. The summed E-state index contributed by atoms with van der Waals surface area (Å²) < 4.78 is 0. The normalized spacial score (nSPS) is 20.1. The zero-order chi connectivity index (χ0) is 14.1. The van der Waals surface area contributed by atoms with E-state index in [4.69, 9.17) is 0 Å². The smallest absolute Gasteiger partial charge is 0.219 e. The van der Waals surface area contributed by atoms with Crippen molar-refractivity contribution in [1.29, 1.82) is 0 Å². The summed E-state index contributed by atoms with van der Waals surface area (Å²) in [5, 5.41) is 1.04. The van der Waals surface area contributed by atoms with Gasteiger partial charge in [-0.2, -0.15) is 0 Å². The molecule has 0 bridgehead atoms. The quantitative estimate of drug-likeness (QED) is 0.825. The highest BCUT2D eigenvalue weighted by molar-refractivity contribution is 7.13. The molecule has 0 atom stereocenters. The highest BCUT2D eigenvalue weighted by atomic mass is 32.1. The lowest BCUT2D eigenvalue weighted by Gasteiger charge is -2.33. The van der Waals surface area contributed by atoms with Gasteiger partial charge in [0.15, 0.2) is 5.78 Å². The molecule has 3 rings (SSSR count). The van der Waals surface area contributed by atoms with Crippen molar-refractivity contribution in [3.05, 3.63) is 15.6 Å². The second-order valence-electron chi connectivity index (χ2n) is 5.44. The fourth-order valence-corrected chi connectivity index (χ4v) is 3.92. The second-order valence-corrected chi connectivity index (χ2v) is 6.53. The van der Waals surface area contributed by atoms with E-state index in [1.165, 1.54) is 0 Å². The van der Waals surface area contributed by atoms with E-state index in [1.807, 2.05) is 4.90 Å². The molecule has 1 amide bonds. The minimum Gasteiger partial charge on any atom is -0.340 e. The average molecular weight is 293 g/mol. The van der Waals surface area contributed by atoms with Crippen LogP contribution in [-0.4, -0.2) is 52.7 Å². The number of Topliss-reactive ketones (excluding diaryl/α,β-unsaturated/α-hetero) is 1. The molecule has 0 N–H and O–H groups in total. The Bertz CT molecular complexity index is 533. The minimum absolute atomic E-state index is 0.153. The van der Waals surface area contributed by atoms with Crippen LogP contribution in [0.2, 0.25) is 0 Å². The van der Waals surface area contributed by atoms with Crippen LogP contribution in [0.4, 0.5) is 0 Å². The summed E-state index contributed by atoms with van der Waals surface area (Å²) in [5.74, 6) is 0.413. The number of nitrogens with zero attached hydrogens (tertiary/aromatic N) is 3. The molecule has 20 heavy (non-hydrogen) atoms. The molecule has 0 aromatic carbocycles. The Morgan fingerprint density at radius 1 is 1.25 bits per heavy atom. The van der Waals surface area contributed by atoms with Crippen LogP contribution < -0.4 is 0 Å². The summed E-state index contributed by atoms with van der Waals surface area (Å²) in [7, 11) is 0. The first-order chi connectivity index (χ1) is 9.63. The second kappa shape index (κ2) is 5.61. The lowest BCUT2D eigenvalue weighted by atomic mass is 10.0. The Labute approximate surface area is 122 Å². The fraction of sp³-hybridized carbons (Fsp3) is 0.643. The molecule has 0 saturated carbocycles. The van der Waals surface area contributed by atoms with Gasteiger partial charge >= 0.3 is 0 Å². The Hall–Kier alpha value is -1.27. The summed E-state index contributed by atoms with van der Waals surface area (Å²) >= 11 is 1.56. The molecular weight excluding hydrogens is 274 g/mol. The number of hydrogen-bond donors (Lipinski definition) is 0. The number of thiazole rings is 1. The third-order valence-corrected chi connectivity index (χ3v) is 5.11. The molecule has 1 aliphatic carbocycles. The van der Waals surface area contributed by atoms with Gasteiger partial charge in [0.05, 0.1) is 17.1 Å². The first-order valence-corrected chi connectivity index (χ1v) is 7.95. The molecule has 5 nitrogen and oxygen atoms in total. The predicted octanol–water partition coefficient (Wildman–Crippen LogP) is 1.33. The Morgan fingerprint density at radius 3 is 2.65 bits per heavy atom. The van der Waals surface area contributed by atoms with Crippen LogP contribution in [0.5, 0.6) is 0 Å². The number of hydrogen-bond acceptors (Lipinski definition) is 5. The van der Waals surface area contributed by atoms with Crippen molar-refractivity contribution >= 4 is 23.0 Å². The van der Waals surface area contributed by atoms with Gasteiger partial charge in [0.25, 0.3) is 0 Å². The third-order valence-electron chi connectivity index (χ3n) is 3.99. The van der Waals surface area contributed by atoms with E-state index < -0.39 is 0 Å². The zero-order valence-electron chi connectivity index (χ0n) is 11.7. The van der Waals surface area contributed by atoms with Gasteiger partial charge in [-0.25, -0.2) is 4.98 Å². The van der Waals surface area contributed by atoms with Gasteiger partial charge in [-0.3, -0.25) is 14.5 Å². The van der Waals surface area contributed by atoms with Crippen molar-refractivity contribution < 1.29 is 9.59 Å². The highest BCUT2D eigenvalue weighted by Gasteiger charge is 2.24. The summed E-state index contributed by atoms with van der Waals surface area (Å²) in [4.78, 5) is 32.8. The molecule has 1 saturated heterocycles. The Kier molecular flexibility index (Phi) is 3.85. The van der Waals surface area contributed by atoms with Crippen LogP contribution in [0.1, 0.15) is 40.1 Å². The summed E-state index contributed by atoms with van der Waals surface area (Å²) in [6, 6.07) is 0. The lowest BCUT2D eigenvalue weighted by molar-refractivity contribution is -0.130. The van der Waals surface area contributed by atoms with Gasteiger partial charge in [0.1, 0.15) is 5.01 Å². The molecule has 6 heteroatoms. The van der Waals surface area contributed by atoms with Crippen LogP contribution in [0.3, 0.4) is 0 Å². The predicted molar refractivity (Wildman–Crippen MR) is 76.9 cm³/mol. The number of carbonyl (C=O) groups is 2. The van der Waals surface area contributed by atoms with Crippen molar-refractivity contribution in [1.82, 2.24) is 14.8 Å². The van der Waals surface area contributed by atoms with Gasteiger partial charge in [-0.05, 0) is 12.8 Å². The van der Waals surface area contributed by atoms with Gasteiger partial charge in [0, 0.05) is 39.5 Å². The van der Waals surface area contributed by atoms with Crippen molar-refractivity contribution in [3.8, 4) is 0 Å². The lowest BCUT2D eigenvalue weighted by Crippen LogP contribution is -2.47. The number of rotatable bonds is 2. The zero-order valence-corrected chi connectivity index (χ0v) is 12.5. The van der Waals surface area contributed by atoms with Crippen LogP contribution in [0.25, 0.3) is 0 Å². The van der Waals surface area contributed by atoms with E-state index in [-0.39, 0.29) is 11.7 Å². The molecule has 2 aliphatic rings.